The van der Waals surface area contributed by atoms with Crippen LogP contribution in [0, 0.1) is 0 Å². The number of hydrogen-bond acceptors (Lipinski definition) is 5. The number of anilines is 1. The smallest absolute Gasteiger partial charge is 0.333 e. The number of benzene rings is 2. The van der Waals surface area contributed by atoms with Crippen LogP contribution in [0.1, 0.15) is 19.4 Å². The second-order valence-electron chi connectivity index (χ2n) is 6.26. The predicted octanol–water partition coefficient (Wildman–Crippen LogP) is 3.16. The fraction of sp³-hybridized carbons (Fsp3) is 0.364. The van der Waals surface area contributed by atoms with Gasteiger partial charge in [0.25, 0.3) is 5.91 Å². The minimum Gasteiger partial charge on any atom is -0.494 e. The van der Waals surface area contributed by atoms with E-state index in [2.05, 4.69) is 0 Å². The van der Waals surface area contributed by atoms with Crippen molar-refractivity contribution < 1.29 is 28.9 Å². The average molecular weight is 401 g/mol. The first-order chi connectivity index (χ1) is 14.0. The number of rotatable bonds is 11. The predicted molar refractivity (Wildman–Crippen MR) is 110 cm³/mol. The molecule has 29 heavy (non-hydrogen) atoms. The molecule has 7 heteroatoms. The quantitative estimate of drug-likeness (QED) is 0.623. The SMILES string of the molecule is CCOc1ccc(N(CC)C(=O)COc2ccc(CC(OC)C(=O)O)cc2)cc1. The molecular weight excluding hydrogens is 374 g/mol. The van der Waals surface area contributed by atoms with Gasteiger partial charge in [0.05, 0.1) is 6.61 Å². The molecule has 2 aromatic carbocycles. The number of hydrogen-bond donors (Lipinski definition) is 1. The van der Waals surface area contributed by atoms with E-state index >= 15 is 0 Å². The first-order valence-electron chi connectivity index (χ1n) is 9.49. The van der Waals surface area contributed by atoms with Gasteiger partial charge in [0.1, 0.15) is 11.5 Å². The molecule has 1 atom stereocenters. The van der Waals surface area contributed by atoms with Crippen molar-refractivity contribution in [2.45, 2.75) is 26.4 Å². The molecule has 7 nitrogen and oxygen atoms in total. The summed E-state index contributed by atoms with van der Waals surface area (Å²) >= 11 is 0. The molecule has 156 valence electrons. The minimum atomic E-state index is -1.01. The molecule has 0 fully saturated rings. The normalized spacial score (nSPS) is 11.6. The zero-order valence-corrected chi connectivity index (χ0v) is 17.0. The van der Waals surface area contributed by atoms with Gasteiger partial charge in [0.15, 0.2) is 12.7 Å². The molecule has 0 saturated carbocycles. The van der Waals surface area contributed by atoms with E-state index < -0.39 is 12.1 Å². The Bertz CT molecular complexity index is 788. The van der Waals surface area contributed by atoms with E-state index in [9.17, 15) is 9.59 Å². The van der Waals surface area contributed by atoms with Crippen molar-refractivity contribution in [3.8, 4) is 11.5 Å². The lowest BCUT2D eigenvalue weighted by molar-refractivity contribution is -0.148. The van der Waals surface area contributed by atoms with Gasteiger partial charge in [-0.2, -0.15) is 0 Å². The fourth-order valence-corrected chi connectivity index (χ4v) is 2.82. The topological polar surface area (TPSA) is 85.3 Å². The molecule has 2 rings (SSSR count). The van der Waals surface area contributed by atoms with Gasteiger partial charge in [-0.15, -0.1) is 0 Å². The summed E-state index contributed by atoms with van der Waals surface area (Å²) in [5, 5.41) is 9.05. The number of carboxylic acids is 1. The van der Waals surface area contributed by atoms with Crippen LogP contribution in [0.2, 0.25) is 0 Å². The average Bonchev–Trinajstić information content (AvgIpc) is 2.73. The summed E-state index contributed by atoms with van der Waals surface area (Å²) in [6.07, 6.45) is -0.637. The van der Waals surface area contributed by atoms with Gasteiger partial charge in [-0.1, -0.05) is 12.1 Å². The number of nitrogens with zero attached hydrogens (tertiary/aromatic N) is 1. The van der Waals surface area contributed by atoms with Crippen molar-refractivity contribution in [3.63, 3.8) is 0 Å². The first-order valence-corrected chi connectivity index (χ1v) is 9.49. The van der Waals surface area contributed by atoms with E-state index in [1.807, 2.05) is 38.1 Å². The number of likely N-dealkylation sites (N-methyl/N-ethyl adjacent to an activating group) is 1. The largest absolute Gasteiger partial charge is 0.494 e. The summed E-state index contributed by atoms with van der Waals surface area (Å²) in [7, 11) is 1.37. The molecule has 0 radical (unpaired) electrons. The Morgan fingerprint density at radius 1 is 0.966 bits per heavy atom. The van der Waals surface area contributed by atoms with Crippen LogP contribution in [0.15, 0.2) is 48.5 Å². The lowest BCUT2D eigenvalue weighted by atomic mass is 10.1. The van der Waals surface area contributed by atoms with E-state index in [1.54, 1.807) is 29.2 Å². The van der Waals surface area contributed by atoms with Crippen molar-refractivity contribution in [2.24, 2.45) is 0 Å². The van der Waals surface area contributed by atoms with E-state index in [1.165, 1.54) is 7.11 Å². The van der Waals surface area contributed by atoms with Crippen LogP contribution in [-0.4, -0.2) is 50.0 Å². The van der Waals surface area contributed by atoms with E-state index in [0.717, 1.165) is 17.0 Å². The molecule has 1 amide bonds. The Labute approximate surface area is 170 Å². The lowest BCUT2D eigenvalue weighted by Crippen LogP contribution is -2.34. The lowest BCUT2D eigenvalue weighted by Gasteiger charge is -2.21. The molecule has 0 bridgehead atoms. The van der Waals surface area contributed by atoms with Crippen molar-refractivity contribution in [1.82, 2.24) is 0 Å². The fourth-order valence-electron chi connectivity index (χ4n) is 2.82. The van der Waals surface area contributed by atoms with E-state index in [0.29, 0.717) is 18.9 Å². The molecule has 1 unspecified atom stereocenters. The highest BCUT2D eigenvalue weighted by Crippen LogP contribution is 2.20. The summed E-state index contributed by atoms with van der Waals surface area (Å²) < 4.78 is 16.0. The van der Waals surface area contributed by atoms with Crippen molar-refractivity contribution in [1.29, 1.82) is 0 Å². The second-order valence-corrected chi connectivity index (χ2v) is 6.26. The van der Waals surface area contributed by atoms with Crippen molar-refractivity contribution in [3.05, 3.63) is 54.1 Å². The van der Waals surface area contributed by atoms with Crippen LogP contribution in [-0.2, 0) is 20.7 Å². The third-order valence-corrected chi connectivity index (χ3v) is 4.34. The van der Waals surface area contributed by atoms with Gasteiger partial charge < -0.3 is 24.2 Å². The van der Waals surface area contributed by atoms with Crippen molar-refractivity contribution in [2.75, 3.05) is 31.8 Å². The first kappa shape index (κ1) is 22.2. The molecule has 0 aliphatic rings. The Hall–Kier alpha value is -3.06. The van der Waals surface area contributed by atoms with Gasteiger partial charge in [-0.3, -0.25) is 4.79 Å². The number of ether oxygens (including phenoxy) is 3. The number of carboxylic acid groups (broad SMARTS) is 1. The standard InChI is InChI=1S/C22H27NO6/c1-4-23(17-8-12-18(13-9-17)28-5-2)21(24)15-29-19-10-6-16(7-11-19)14-20(27-3)22(25)26/h6-13,20H,4-5,14-15H2,1-3H3,(H,25,26). The van der Waals surface area contributed by atoms with Gasteiger partial charge >= 0.3 is 5.97 Å². The molecular formula is C22H27NO6. The molecule has 0 saturated heterocycles. The van der Waals surface area contributed by atoms with Gasteiger partial charge in [0.2, 0.25) is 0 Å². The molecule has 0 aliphatic carbocycles. The molecule has 0 aromatic heterocycles. The van der Waals surface area contributed by atoms with Crippen LogP contribution in [0.4, 0.5) is 5.69 Å². The molecule has 2 aromatic rings. The van der Waals surface area contributed by atoms with Gasteiger partial charge in [-0.05, 0) is 55.8 Å². The van der Waals surface area contributed by atoms with Crippen LogP contribution in [0.5, 0.6) is 11.5 Å². The third kappa shape index (κ3) is 6.50. The van der Waals surface area contributed by atoms with E-state index in [4.69, 9.17) is 19.3 Å². The van der Waals surface area contributed by atoms with Crippen LogP contribution in [0.25, 0.3) is 0 Å². The Morgan fingerprint density at radius 2 is 1.55 bits per heavy atom. The maximum absolute atomic E-state index is 12.6. The summed E-state index contributed by atoms with van der Waals surface area (Å²) in [6, 6.07) is 14.3. The number of carbonyl (C=O) groups is 2. The molecule has 0 spiro atoms. The number of aliphatic carboxylic acids is 1. The highest BCUT2D eigenvalue weighted by atomic mass is 16.5. The van der Waals surface area contributed by atoms with Crippen molar-refractivity contribution >= 4 is 17.6 Å². The highest BCUT2D eigenvalue weighted by Gasteiger charge is 2.17. The minimum absolute atomic E-state index is 0.101. The number of carbonyl (C=O) groups excluding carboxylic acids is 1. The van der Waals surface area contributed by atoms with Gasteiger partial charge in [-0.25, -0.2) is 4.79 Å². The van der Waals surface area contributed by atoms with Crippen LogP contribution < -0.4 is 14.4 Å². The van der Waals surface area contributed by atoms with Gasteiger partial charge in [0, 0.05) is 25.8 Å². The molecule has 0 heterocycles. The molecule has 0 aliphatic heterocycles. The zero-order valence-electron chi connectivity index (χ0n) is 17.0. The summed E-state index contributed by atoms with van der Waals surface area (Å²) in [5.41, 5.74) is 1.58. The monoisotopic (exact) mass is 401 g/mol. The Balaban J connectivity index is 1.93. The zero-order chi connectivity index (χ0) is 21.2. The summed E-state index contributed by atoms with van der Waals surface area (Å²) in [4.78, 5) is 25.3. The second kappa shape index (κ2) is 11.1. The number of amides is 1. The Kier molecular flexibility index (Phi) is 8.48. The maximum Gasteiger partial charge on any atom is 0.333 e. The number of methoxy groups -OCH3 is 1. The maximum atomic E-state index is 12.6. The van der Waals surface area contributed by atoms with Crippen LogP contribution >= 0.6 is 0 Å². The highest BCUT2D eigenvalue weighted by molar-refractivity contribution is 5.94. The van der Waals surface area contributed by atoms with E-state index in [-0.39, 0.29) is 18.9 Å². The summed E-state index contributed by atoms with van der Waals surface area (Å²) in [5.74, 6) is 0.127. The summed E-state index contributed by atoms with van der Waals surface area (Å²) in [6.45, 7) is 4.82. The third-order valence-electron chi connectivity index (χ3n) is 4.34. The van der Waals surface area contributed by atoms with Crippen LogP contribution in [0.3, 0.4) is 0 Å². The Morgan fingerprint density at radius 3 is 2.07 bits per heavy atom. The molecule has 1 N–H and O–H groups in total.